The molecule has 0 amide bonds. The molecule has 96 valence electrons. The molecule has 0 saturated heterocycles. The fraction of sp³-hybridized carbons (Fsp3) is 0.462. The normalized spacial score (nSPS) is 12.6. The van der Waals surface area contributed by atoms with E-state index in [1.807, 2.05) is 32.4 Å². The maximum Gasteiger partial charge on any atom is 0.0845 e. The predicted octanol–water partition coefficient (Wildman–Crippen LogP) is 1.41. The largest absolute Gasteiger partial charge is 0.310 e. The van der Waals surface area contributed by atoms with E-state index in [9.17, 15) is 0 Å². The summed E-state index contributed by atoms with van der Waals surface area (Å²) in [4.78, 5) is 4.35. The number of nitrogens with one attached hydrogen (secondary N) is 1. The van der Waals surface area contributed by atoms with Gasteiger partial charge in [0.2, 0.25) is 0 Å². The second-order valence-corrected chi connectivity index (χ2v) is 4.38. The van der Waals surface area contributed by atoms with E-state index in [0.29, 0.717) is 0 Å². The molecular formula is C13H19N5. The maximum absolute atomic E-state index is 4.35. The Kier molecular flexibility index (Phi) is 4.04. The number of likely N-dealkylation sites (N-methyl/N-ethyl adjacent to an activating group) is 1. The first kappa shape index (κ1) is 12.7. The lowest BCUT2D eigenvalue weighted by molar-refractivity contribution is 0.539. The molecule has 5 heteroatoms. The number of aromatic nitrogens is 4. The van der Waals surface area contributed by atoms with Crippen molar-refractivity contribution in [2.45, 2.75) is 26.3 Å². The van der Waals surface area contributed by atoms with Gasteiger partial charge in [-0.3, -0.25) is 9.67 Å². The standard InChI is InChI=1S/C13H19N5/c1-4-14-13(8-11-9-18(3)17-16-11)12-6-5-7-15-10(12)2/h5-7,9,13-14H,4,8H2,1-3H3. The van der Waals surface area contributed by atoms with E-state index in [1.54, 1.807) is 4.68 Å². The minimum atomic E-state index is 0.236. The molecule has 5 nitrogen and oxygen atoms in total. The van der Waals surface area contributed by atoms with Crippen LogP contribution in [0.4, 0.5) is 0 Å². The van der Waals surface area contributed by atoms with Crippen molar-refractivity contribution in [3.63, 3.8) is 0 Å². The zero-order chi connectivity index (χ0) is 13.0. The summed E-state index contributed by atoms with van der Waals surface area (Å²) >= 11 is 0. The summed E-state index contributed by atoms with van der Waals surface area (Å²) in [5.41, 5.74) is 3.28. The lowest BCUT2D eigenvalue weighted by atomic mass is 10.0. The van der Waals surface area contributed by atoms with Crippen LogP contribution in [0.3, 0.4) is 0 Å². The molecule has 1 atom stereocenters. The zero-order valence-corrected chi connectivity index (χ0v) is 11.1. The van der Waals surface area contributed by atoms with Crippen LogP contribution in [-0.4, -0.2) is 26.5 Å². The van der Waals surface area contributed by atoms with Gasteiger partial charge >= 0.3 is 0 Å². The highest BCUT2D eigenvalue weighted by molar-refractivity contribution is 5.23. The van der Waals surface area contributed by atoms with Gasteiger partial charge in [-0.15, -0.1) is 5.10 Å². The molecule has 2 aromatic rings. The molecule has 0 bridgehead atoms. The fourth-order valence-corrected chi connectivity index (χ4v) is 2.10. The third kappa shape index (κ3) is 2.92. The molecular weight excluding hydrogens is 226 g/mol. The molecule has 0 fully saturated rings. The molecule has 2 heterocycles. The minimum absolute atomic E-state index is 0.236. The Morgan fingerprint density at radius 2 is 2.28 bits per heavy atom. The van der Waals surface area contributed by atoms with E-state index in [1.165, 1.54) is 5.56 Å². The third-order valence-corrected chi connectivity index (χ3v) is 2.94. The van der Waals surface area contributed by atoms with E-state index in [-0.39, 0.29) is 6.04 Å². The summed E-state index contributed by atoms with van der Waals surface area (Å²) in [5, 5.41) is 11.6. The van der Waals surface area contributed by atoms with Crippen LogP contribution in [0.2, 0.25) is 0 Å². The number of aryl methyl sites for hydroxylation is 2. The van der Waals surface area contributed by atoms with Crippen molar-refractivity contribution >= 4 is 0 Å². The van der Waals surface area contributed by atoms with Gasteiger partial charge in [0, 0.05) is 37.6 Å². The van der Waals surface area contributed by atoms with E-state index in [2.05, 4.69) is 33.6 Å². The van der Waals surface area contributed by atoms with Crippen molar-refractivity contribution in [2.24, 2.45) is 7.05 Å². The number of hydrogen-bond acceptors (Lipinski definition) is 4. The Labute approximate surface area is 107 Å². The monoisotopic (exact) mass is 245 g/mol. The molecule has 0 aromatic carbocycles. The van der Waals surface area contributed by atoms with Gasteiger partial charge in [-0.25, -0.2) is 0 Å². The second-order valence-electron chi connectivity index (χ2n) is 4.38. The number of rotatable bonds is 5. The van der Waals surface area contributed by atoms with Crippen molar-refractivity contribution in [3.8, 4) is 0 Å². The van der Waals surface area contributed by atoms with E-state index < -0.39 is 0 Å². The molecule has 0 spiro atoms. The Hall–Kier alpha value is -1.75. The molecule has 0 aliphatic carbocycles. The summed E-state index contributed by atoms with van der Waals surface area (Å²) in [6, 6.07) is 4.33. The summed E-state index contributed by atoms with van der Waals surface area (Å²) in [6.07, 6.45) is 4.61. The van der Waals surface area contributed by atoms with Crippen molar-refractivity contribution in [1.82, 2.24) is 25.3 Å². The molecule has 2 aromatic heterocycles. The van der Waals surface area contributed by atoms with Gasteiger partial charge in [0.15, 0.2) is 0 Å². The van der Waals surface area contributed by atoms with Crippen molar-refractivity contribution in [2.75, 3.05) is 6.54 Å². The molecule has 1 unspecified atom stereocenters. The van der Waals surface area contributed by atoms with Crippen molar-refractivity contribution in [3.05, 3.63) is 41.5 Å². The Morgan fingerprint density at radius 3 is 2.89 bits per heavy atom. The SMILES string of the molecule is CCNC(Cc1cn(C)nn1)c1cccnc1C. The third-order valence-electron chi connectivity index (χ3n) is 2.94. The lowest BCUT2D eigenvalue weighted by Crippen LogP contribution is -2.24. The van der Waals surface area contributed by atoms with E-state index in [0.717, 1.165) is 24.4 Å². The van der Waals surface area contributed by atoms with Gasteiger partial charge in [-0.1, -0.05) is 18.2 Å². The second kappa shape index (κ2) is 5.73. The van der Waals surface area contributed by atoms with Gasteiger partial charge in [0.05, 0.1) is 5.69 Å². The fourth-order valence-electron chi connectivity index (χ4n) is 2.10. The zero-order valence-electron chi connectivity index (χ0n) is 11.1. The maximum atomic E-state index is 4.35. The van der Waals surface area contributed by atoms with Gasteiger partial charge in [0.25, 0.3) is 0 Å². The van der Waals surface area contributed by atoms with Gasteiger partial charge in [0.1, 0.15) is 0 Å². The highest BCUT2D eigenvalue weighted by atomic mass is 15.4. The molecule has 0 radical (unpaired) electrons. The van der Waals surface area contributed by atoms with Crippen LogP contribution in [-0.2, 0) is 13.5 Å². The Bertz CT molecular complexity index is 506. The Balaban J connectivity index is 2.20. The van der Waals surface area contributed by atoms with Gasteiger partial charge < -0.3 is 5.32 Å². The van der Waals surface area contributed by atoms with Gasteiger partial charge in [-0.05, 0) is 25.1 Å². The number of nitrogens with zero attached hydrogens (tertiary/aromatic N) is 4. The molecule has 1 N–H and O–H groups in total. The molecule has 0 aliphatic heterocycles. The van der Waals surface area contributed by atoms with E-state index >= 15 is 0 Å². The topological polar surface area (TPSA) is 55.6 Å². The smallest absolute Gasteiger partial charge is 0.0845 e. The quantitative estimate of drug-likeness (QED) is 0.865. The summed E-state index contributed by atoms with van der Waals surface area (Å²) in [6.45, 7) is 5.06. The predicted molar refractivity (Wildman–Crippen MR) is 70.1 cm³/mol. The average Bonchev–Trinajstić information content (AvgIpc) is 2.75. The Morgan fingerprint density at radius 1 is 1.44 bits per heavy atom. The van der Waals surface area contributed by atoms with Crippen LogP contribution in [0.15, 0.2) is 24.5 Å². The van der Waals surface area contributed by atoms with Crippen LogP contribution >= 0.6 is 0 Å². The highest BCUT2D eigenvalue weighted by Crippen LogP contribution is 2.19. The number of hydrogen-bond donors (Lipinski definition) is 1. The molecule has 18 heavy (non-hydrogen) atoms. The van der Waals surface area contributed by atoms with Crippen molar-refractivity contribution < 1.29 is 0 Å². The van der Waals surface area contributed by atoms with Crippen LogP contribution in [0, 0.1) is 6.92 Å². The van der Waals surface area contributed by atoms with Crippen LogP contribution in [0.5, 0.6) is 0 Å². The van der Waals surface area contributed by atoms with Crippen LogP contribution < -0.4 is 5.32 Å². The van der Waals surface area contributed by atoms with E-state index in [4.69, 9.17) is 0 Å². The summed E-state index contributed by atoms with van der Waals surface area (Å²) in [5.74, 6) is 0. The minimum Gasteiger partial charge on any atom is -0.310 e. The summed E-state index contributed by atoms with van der Waals surface area (Å²) < 4.78 is 1.73. The van der Waals surface area contributed by atoms with Gasteiger partial charge in [-0.2, -0.15) is 0 Å². The molecule has 0 saturated carbocycles. The summed E-state index contributed by atoms with van der Waals surface area (Å²) in [7, 11) is 1.88. The average molecular weight is 245 g/mol. The van der Waals surface area contributed by atoms with Crippen LogP contribution in [0.1, 0.15) is 29.9 Å². The number of pyridine rings is 1. The first-order valence-corrected chi connectivity index (χ1v) is 6.20. The lowest BCUT2D eigenvalue weighted by Gasteiger charge is -2.18. The first-order chi connectivity index (χ1) is 8.70. The highest BCUT2D eigenvalue weighted by Gasteiger charge is 2.15. The first-order valence-electron chi connectivity index (χ1n) is 6.20. The molecule has 0 aliphatic rings. The van der Waals surface area contributed by atoms with Crippen molar-refractivity contribution in [1.29, 1.82) is 0 Å². The van der Waals surface area contributed by atoms with Crippen LogP contribution in [0.25, 0.3) is 0 Å². The molecule has 2 rings (SSSR count).